The quantitative estimate of drug-likeness (QED) is 0.647. The van der Waals surface area contributed by atoms with E-state index in [9.17, 15) is 10.1 Å². The van der Waals surface area contributed by atoms with E-state index in [2.05, 4.69) is 12.2 Å². The van der Waals surface area contributed by atoms with Crippen molar-refractivity contribution in [2.24, 2.45) is 0 Å². The number of rotatable bonds is 5. The molecule has 2 heterocycles. The van der Waals surface area contributed by atoms with Crippen molar-refractivity contribution in [1.82, 2.24) is 5.32 Å². The van der Waals surface area contributed by atoms with Gasteiger partial charge in [-0.15, -0.1) is 0 Å². The van der Waals surface area contributed by atoms with Gasteiger partial charge >= 0.3 is 5.88 Å². The second-order valence-corrected chi connectivity index (χ2v) is 6.19. The highest BCUT2D eigenvalue weighted by Gasteiger charge is 2.28. The lowest BCUT2D eigenvalue weighted by atomic mass is 10.1. The second-order valence-electron chi connectivity index (χ2n) is 4.50. The maximum Gasteiger partial charge on any atom is 0.433 e. The van der Waals surface area contributed by atoms with Crippen molar-refractivity contribution in [3.63, 3.8) is 0 Å². The van der Waals surface area contributed by atoms with E-state index in [-0.39, 0.29) is 5.88 Å². The molecule has 1 N–H and O–H groups in total. The summed E-state index contributed by atoms with van der Waals surface area (Å²) in [4.78, 5) is 9.92. The second kappa shape index (κ2) is 5.10. The van der Waals surface area contributed by atoms with Gasteiger partial charge in [0.25, 0.3) is 0 Å². The van der Waals surface area contributed by atoms with Gasteiger partial charge in [0.05, 0.1) is 12.6 Å². The zero-order valence-corrected chi connectivity index (χ0v) is 10.6. The predicted octanol–water partition coefficient (Wildman–Crippen LogP) is 2.56. The molecule has 1 atom stereocenters. The lowest BCUT2D eigenvalue weighted by molar-refractivity contribution is -0.402. The van der Waals surface area contributed by atoms with Gasteiger partial charge < -0.3 is 9.73 Å². The molecule has 1 aromatic rings. The zero-order chi connectivity index (χ0) is 12.3. The highest BCUT2D eigenvalue weighted by Crippen LogP contribution is 2.36. The number of hydrogen-bond donors (Lipinski definition) is 1. The van der Waals surface area contributed by atoms with Crippen molar-refractivity contribution in [3.05, 3.63) is 28.0 Å². The Labute approximate surface area is 104 Å². The first-order valence-corrected chi connectivity index (χ1v) is 6.65. The van der Waals surface area contributed by atoms with Crippen LogP contribution in [0.5, 0.6) is 0 Å². The first-order chi connectivity index (χ1) is 8.09. The fourth-order valence-electron chi connectivity index (χ4n) is 1.99. The van der Waals surface area contributed by atoms with Crippen LogP contribution in [0.15, 0.2) is 16.5 Å². The van der Waals surface area contributed by atoms with Gasteiger partial charge in [-0.05, 0) is 31.6 Å². The molecule has 1 unspecified atom stereocenters. The molecular weight excluding hydrogens is 240 g/mol. The summed E-state index contributed by atoms with van der Waals surface area (Å²) in [6.07, 6.45) is 2.50. The Morgan fingerprint density at radius 1 is 1.65 bits per heavy atom. The monoisotopic (exact) mass is 256 g/mol. The van der Waals surface area contributed by atoms with Crippen molar-refractivity contribution in [2.45, 2.75) is 31.1 Å². The summed E-state index contributed by atoms with van der Waals surface area (Å²) < 4.78 is 5.38. The fourth-order valence-corrected chi connectivity index (χ4v) is 3.26. The molecule has 0 bridgehead atoms. The summed E-state index contributed by atoms with van der Waals surface area (Å²) in [7, 11) is 0. The van der Waals surface area contributed by atoms with Crippen LogP contribution in [0.25, 0.3) is 0 Å². The van der Waals surface area contributed by atoms with Crippen LogP contribution >= 0.6 is 11.8 Å². The Kier molecular flexibility index (Phi) is 3.73. The van der Waals surface area contributed by atoms with E-state index < -0.39 is 4.92 Å². The van der Waals surface area contributed by atoms with E-state index in [1.807, 2.05) is 11.8 Å². The van der Waals surface area contributed by atoms with Crippen molar-refractivity contribution in [2.75, 3.05) is 12.3 Å². The van der Waals surface area contributed by atoms with Crippen LogP contribution in [-0.4, -0.2) is 22.0 Å². The first-order valence-electron chi connectivity index (χ1n) is 5.67. The maximum atomic E-state index is 10.4. The van der Waals surface area contributed by atoms with Gasteiger partial charge in [-0.3, -0.25) is 10.1 Å². The van der Waals surface area contributed by atoms with E-state index in [0.29, 0.717) is 17.1 Å². The first kappa shape index (κ1) is 12.4. The molecule has 1 aliphatic rings. The van der Waals surface area contributed by atoms with Crippen LogP contribution in [0.4, 0.5) is 5.88 Å². The minimum atomic E-state index is -0.516. The molecule has 94 valence electrons. The van der Waals surface area contributed by atoms with Crippen LogP contribution in [0.1, 0.15) is 25.5 Å². The summed E-state index contributed by atoms with van der Waals surface area (Å²) in [5.41, 5.74) is 0. The lowest BCUT2D eigenvalue weighted by Crippen LogP contribution is -2.32. The number of nitro groups is 1. The molecule has 2 rings (SSSR count). The van der Waals surface area contributed by atoms with Gasteiger partial charge in [-0.2, -0.15) is 11.8 Å². The number of furan rings is 1. The normalized spacial score (nSPS) is 24.1. The molecule has 0 amide bonds. The summed E-state index contributed by atoms with van der Waals surface area (Å²) >= 11 is 1.99. The number of thioether (sulfide) groups is 1. The highest BCUT2D eigenvalue weighted by atomic mass is 32.2. The highest BCUT2D eigenvalue weighted by molar-refractivity contribution is 8.00. The standard InChI is InChI=1S/C11H16N2O3S/c1-11(5-2-6-17-11)8-12-7-9-3-4-10(16-9)13(14)15/h3-4,12H,2,5-8H2,1H3. The maximum absolute atomic E-state index is 10.4. The Morgan fingerprint density at radius 3 is 3.06 bits per heavy atom. The van der Waals surface area contributed by atoms with E-state index in [4.69, 9.17) is 4.42 Å². The number of nitrogens with one attached hydrogen (secondary N) is 1. The van der Waals surface area contributed by atoms with Crippen molar-refractivity contribution in [1.29, 1.82) is 0 Å². The lowest BCUT2D eigenvalue weighted by Gasteiger charge is -2.22. The van der Waals surface area contributed by atoms with Gasteiger partial charge in [0.1, 0.15) is 10.7 Å². The van der Waals surface area contributed by atoms with Crippen molar-refractivity contribution in [3.8, 4) is 0 Å². The van der Waals surface area contributed by atoms with Crippen molar-refractivity contribution < 1.29 is 9.34 Å². The molecule has 1 fully saturated rings. The zero-order valence-electron chi connectivity index (χ0n) is 9.77. The Morgan fingerprint density at radius 2 is 2.47 bits per heavy atom. The molecule has 0 saturated carbocycles. The van der Waals surface area contributed by atoms with Gasteiger partial charge in [0.2, 0.25) is 0 Å². The average molecular weight is 256 g/mol. The van der Waals surface area contributed by atoms with E-state index in [1.54, 1.807) is 6.07 Å². The van der Waals surface area contributed by atoms with Crippen LogP contribution in [-0.2, 0) is 6.54 Å². The third-order valence-electron chi connectivity index (χ3n) is 2.93. The summed E-state index contributed by atoms with van der Waals surface area (Å²) in [6.45, 7) is 3.71. The van der Waals surface area contributed by atoms with Crippen LogP contribution < -0.4 is 5.32 Å². The van der Waals surface area contributed by atoms with Gasteiger partial charge in [-0.25, -0.2) is 0 Å². The van der Waals surface area contributed by atoms with Gasteiger partial charge in [0, 0.05) is 11.3 Å². The Bertz CT molecular complexity index is 399. The molecule has 0 spiro atoms. The van der Waals surface area contributed by atoms with Gasteiger partial charge in [0.15, 0.2) is 0 Å². The predicted molar refractivity (Wildman–Crippen MR) is 67.2 cm³/mol. The Balaban J connectivity index is 1.79. The Hall–Kier alpha value is -1.01. The average Bonchev–Trinajstić information content (AvgIpc) is 2.88. The molecule has 0 aliphatic carbocycles. The molecule has 17 heavy (non-hydrogen) atoms. The van der Waals surface area contributed by atoms with Crippen LogP contribution in [0, 0.1) is 10.1 Å². The van der Waals surface area contributed by atoms with E-state index in [1.165, 1.54) is 24.7 Å². The molecule has 0 aromatic carbocycles. The smallest absolute Gasteiger partial charge is 0.404 e. The minimum Gasteiger partial charge on any atom is -0.404 e. The minimum absolute atomic E-state index is 0.191. The molecule has 1 saturated heterocycles. The van der Waals surface area contributed by atoms with Crippen molar-refractivity contribution >= 4 is 17.6 Å². The van der Waals surface area contributed by atoms with Crippen LogP contribution in [0.3, 0.4) is 0 Å². The molecule has 1 aromatic heterocycles. The topological polar surface area (TPSA) is 68.3 Å². The number of hydrogen-bond acceptors (Lipinski definition) is 5. The van der Waals surface area contributed by atoms with E-state index >= 15 is 0 Å². The molecule has 5 nitrogen and oxygen atoms in total. The molecule has 6 heteroatoms. The largest absolute Gasteiger partial charge is 0.433 e. The third-order valence-corrected chi connectivity index (χ3v) is 4.46. The SMILES string of the molecule is CC1(CNCc2ccc([N+](=O)[O-])o2)CCCS1. The summed E-state index contributed by atoms with van der Waals surface area (Å²) in [5.74, 6) is 1.65. The fraction of sp³-hybridized carbons (Fsp3) is 0.636. The molecule has 1 aliphatic heterocycles. The molecular formula is C11H16N2O3S. The molecule has 0 radical (unpaired) electrons. The summed E-state index contributed by atoms with van der Waals surface area (Å²) in [5, 5.41) is 13.7. The summed E-state index contributed by atoms with van der Waals surface area (Å²) in [6, 6.07) is 3.04. The third kappa shape index (κ3) is 3.23. The van der Waals surface area contributed by atoms with Gasteiger partial charge in [-0.1, -0.05) is 0 Å². The van der Waals surface area contributed by atoms with Crippen LogP contribution in [0.2, 0.25) is 0 Å². The number of nitrogens with zero attached hydrogens (tertiary/aromatic N) is 1. The van der Waals surface area contributed by atoms with E-state index in [0.717, 1.165) is 6.54 Å².